The maximum Gasteiger partial charge on any atom is 0.0348 e. The van der Waals surface area contributed by atoms with Crippen molar-refractivity contribution in [3.63, 3.8) is 0 Å². The molecule has 3 aromatic rings. The highest BCUT2D eigenvalue weighted by Gasteiger charge is 2.20. The van der Waals surface area contributed by atoms with Gasteiger partial charge in [0.2, 0.25) is 0 Å². The van der Waals surface area contributed by atoms with Crippen molar-refractivity contribution in [2.24, 2.45) is 0 Å². The molecule has 21 heavy (non-hydrogen) atoms. The van der Waals surface area contributed by atoms with Crippen molar-refractivity contribution in [3.05, 3.63) is 76.3 Å². The predicted molar refractivity (Wildman–Crippen MR) is 92.9 cm³/mol. The Morgan fingerprint density at radius 3 is 2.24 bits per heavy atom. The molecule has 0 atom stereocenters. The lowest BCUT2D eigenvalue weighted by Crippen LogP contribution is -2.19. The largest absolute Gasteiger partial charge is 0.382 e. The molecule has 0 fully saturated rings. The van der Waals surface area contributed by atoms with E-state index in [1.54, 1.807) is 0 Å². The fourth-order valence-corrected chi connectivity index (χ4v) is 3.58. The van der Waals surface area contributed by atoms with Crippen LogP contribution in [-0.4, -0.2) is 6.04 Å². The Morgan fingerprint density at radius 2 is 1.48 bits per heavy atom. The van der Waals surface area contributed by atoms with Gasteiger partial charge in [-0.15, -0.1) is 0 Å². The minimum absolute atomic E-state index is 0.510. The zero-order valence-electron chi connectivity index (χ0n) is 11.6. The molecule has 2 heteroatoms. The van der Waals surface area contributed by atoms with Crippen molar-refractivity contribution in [1.29, 1.82) is 0 Å². The maximum absolute atomic E-state index is 3.68. The minimum atomic E-state index is 0.510. The minimum Gasteiger partial charge on any atom is -0.382 e. The summed E-state index contributed by atoms with van der Waals surface area (Å²) in [7, 11) is 0. The molecule has 0 amide bonds. The second-order valence-corrected chi connectivity index (χ2v) is 6.64. The molecule has 4 rings (SSSR count). The van der Waals surface area contributed by atoms with Crippen LogP contribution in [0.4, 0.5) is 5.69 Å². The Kier molecular flexibility index (Phi) is 3.19. The van der Waals surface area contributed by atoms with Crippen molar-refractivity contribution in [1.82, 2.24) is 0 Å². The van der Waals surface area contributed by atoms with E-state index >= 15 is 0 Å². The van der Waals surface area contributed by atoms with Crippen molar-refractivity contribution in [2.75, 3.05) is 5.32 Å². The van der Waals surface area contributed by atoms with Crippen LogP contribution in [0, 0.1) is 0 Å². The van der Waals surface area contributed by atoms with Crippen LogP contribution < -0.4 is 5.32 Å². The Hall–Kier alpha value is -1.80. The lowest BCUT2D eigenvalue weighted by atomic mass is 10.1. The summed E-state index contributed by atoms with van der Waals surface area (Å²) in [5.41, 5.74) is 4.18. The molecule has 0 bridgehead atoms. The van der Waals surface area contributed by atoms with E-state index in [1.807, 2.05) is 0 Å². The van der Waals surface area contributed by atoms with Gasteiger partial charge in [0.25, 0.3) is 0 Å². The highest BCUT2D eigenvalue weighted by Crippen LogP contribution is 2.27. The predicted octanol–water partition coefficient (Wildman–Crippen LogP) is 5.18. The molecule has 1 N–H and O–H groups in total. The highest BCUT2D eigenvalue weighted by atomic mass is 79.9. The third-order valence-electron chi connectivity index (χ3n) is 4.22. The molecule has 104 valence electrons. The lowest BCUT2D eigenvalue weighted by molar-refractivity contribution is 0.774. The molecule has 0 saturated heterocycles. The average Bonchev–Trinajstić information content (AvgIpc) is 2.89. The zero-order valence-corrected chi connectivity index (χ0v) is 13.2. The number of benzene rings is 3. The molecule has 0 unspecified atom stereocenters. The van der Waals surface area contributed by atoms with E-state index in [2.05, 4.69) is 81.9 Å². The van der Waals surface area contributed by atoms with Crippen LogP contribution in [0.25, 0.3) is 10.8 Å². The van der Waals surface area contributed by atoms with Gasteiger partial charge in [-0.05, 0) is 59.0 Å². The number of nitrogens with one attached hydrogen (secondary N) is 1. The highest BCUT2D eigenvalue weighted by molar-refractivity contribution is 9.10. The number of hydrogen-bond donors (Lipinski definition) is 1. The average molecular weight is 338 g/mol. The van der Waals surface area contributed by atoms with E-state index in [4.69, 9.17) is 0 Å². The first-order chi connectivity index (χ1) is 10.3. The van der Waals surface area contributed by atoms with Gasteiger partial charge in [-0.25, -0.2) is 0 Å². The van der Waals surface area contributed by atoms with Gasteiger partial charge in [-0.2, -0.15) is 0 Å². The molecular formula is C19H16BrN. The summed E-state index contributed by atoms with van der Waals surface area (Å²) in [5.74, 6) is 0. The van der Waals surface area contributed by atoms with Gasteiger partial charge in [0.1, 0.15) is 0 Å². The second kappa shape index (κ2) is 5.19. The Morgan fingerprint density at radius 1 is 0.810 bits per heavy atom. The third kappa shape index (κ3) is 2.56. The van der Waals surface area contributed by atoms with E-state index < -0.39 is 0 Å². The van der Waals surface area contributed by atoms with Crippen molar-refractivity contribution in [2.45, 2.75) is 18.9 Å². The van der Waals surface area contributed by atoms with Gasteiger partial charge in [0.05, 0.1) is 0 Å². The van der Waals surface area contributed by atoms with E-state index in [0.29, 0.717) is 6.04 Å². The van der Waals surface area contributed by atoms with Gasteiger partial charge in [0, 0.05) is 16.2 Å². The lowest BCUT2D eigenvalue weighted by Gasteiger charge is -2.14. The Bertz CT molecular complexity index is 785. The van der Waals surface area contributed by atoms with E-state index in [1.165, 1.54) is 27.6 Å². The molecule has 1 aliphatic rings. The molecule has 0 heterocycles. The van der Waals surface area contributed by atoms with E-state index in [-0.39, 0.29) is 0 Å². The molecule has 3 aromatic carbocycles. The standard InChI is InChI=1S/C19H16BrN/c20-17-7-5-16-10-18(8-6-15(16)9-17)21-19-11-13-3-1-2-4-14(13)12-19/h1-10,19,21H,11-12H2. The molecule has 0 aliphatic heterocycles. The van der Waals surface area contributed by atoms with Crippen molar-refractivity contribution in [3.8, 4) is 0 Å². The number of halogens is 1. The van der Waals surface area contributed by atoms with E-state index in [9.17, 15) is 0 Å². The smallest absolute Gasteiger partial charge is 0.0348 e. The van der Waals surface area contributed by atoms with Crippen LogP contribution in [0.2, 0.25) is 0 Å². The monoisotopic (exact) mass is 337 g/mol. The first-order valence-corrected chi connectivity index (χ1v) is 8.10. The SMILES string of the molecule is Brc1ccc2cc(NC3Cc4ccccc4C3)ccc2c1. The quantitative estimate of drug-likeness (QED) is 0.679. The molecule has 0 radical (unpaired) electrons. The summed E-state index contributed by atoms with van der Waals surface area (Å²) in [5, 5.41) is 6.23. The summed E-state index contributed by atoms with van der Waals surface area (Å²) in [6, 6.07) is 22.3. The molecule has 1 aliphatic carbocycles. The molecule has 0 saturated carbocycles. The molecule has 1 nitrogen and oxygen atoms in total. The molecular weight excluding hydrogens is 322 g/mol. The van der Waals surface area contributed by atoms with Crippen LogP contribution in [-0.2, 0) is 12.8 Å². The van der Waals surface area contributed by atoms with Gasteiger partial charge in [-0.3, -0.25) is 0 Å². The number of anilines is 1. The van der Waals surface area contributed by atoms with Gasteiger partial charge >= 0.3 is 0 Å². The third-order valence-corrected chi connectivity index (χ3v) is 4.72. The van der Waals surface area contributed by atoms with Crippen molar-refractivity contribution < 1.29 is 0 Å². The fraction of sp³-hybridized carbons (Fsp3) is 0.158. The van der Waals surface area contributed by atoms with Crippen LogP contribution in [0.3, 0.4) is 0 Å². The Balaban J connectivity index is 1.57. The number of hydrogen-bond acceptors (Lipinski definition) is 1. The van der Waals surface area contributed by atoms with Crippen LogP contribution >= 0.6 is 15.9 Å². The number of rotatable bonds is 2. The summed E-state index contributed by atoms with van der Waals surface area (Å²) in [4.78, 5) is 0. The summed E-state index contributed by atoms with van der Waals surface area (Å²) >= 11 is 3.52. The van der Waals surface area contributed by atoms with Crippen LogP contribution in [0.1, 0.15) is 11.1 Å². The Labute approximate surface area is 133 Å². The first kappa shape index (κ1) is 12.9. The van der Waals surface area contributed by atoms with Gasteiger partial charge < -0.3 is 5.32 Å². The van der Waals surface area contributed by atoms with Gasteiger partial charge in [0.15, 0.2) is 0 Å². The molecule has 0 spiro atoms. The van der Waals surface area contributed by atoms with Gasteiger partial charge in [-0.1, -0.05) is 52.3 Å². The summed E-state index contributed by atoms with van der Waals surface area (Å²) in [6.45, 7) is 0. The second-order valence-electron chi connectivity index (χ2n) is 5.72. The maximum atomic E-state index is 3.68. The molecule has 0 aromatic heterocycles. The first-order valence-electron chi connectivity index (χ1n) is 7.30. The van der Waals surface area contributed by atoms with E-state index in [0.717, 1.165) is 17.3 Å². The summed E-state index contributed by atoms with van der Waals surface area (Å²) < 4.78 is 1.13. The topological polar surface area (TPSA) is 12.0 Å². The van der Waals surface area contributed by atoms with Crippen molar-refractivity contribution >= 4 is 32.4 Å². The van der Waals surface area contributed by atoms with Crippen LogP contribution in [0.15, 0.2) is 65.1 Å². The van der Waals surface area contributed by atoms with Crippen LogP contribution in [0.5, 0.6) is 0 Å². The number of fused-ring (bicyclic) bond motifs is 2. The fourth-order valence-electron chi connectivity index (χ4n) is 3.20. The summed E-state index contributed by atoms with van der Waals surface area (Å²) in [6.07, 6.45) is 2.24. The zero-order chi connectivity index (χ0) is 14.2. The normalized spacial score (nSPS) is 14.3.